The number of aromatic nitrogens is 1. The Morgan fingerprint density at radius 3 is 3.04 bits per heavy atom. The van der Waals surface area contributed by atoms with Gasteiger partial charge in [-0.1, -0.05) is 23.4 Å². The summed E-state index contributed by atoms with van der Waals surface area (Å²) in [4.78, 5) is 5.94. The fourth-order valence-electron chi connectivity index (χ4n) is 2.85. The lowest BCUT2D eigenvalue weighted by molar-refractivity contribution is -0.603. The van der Waals surface area contributed by atoms with Crippen LogP contribution in [0.5, 0.6) is 0 Å². The largest absolute Gasteiger partial charge is 0.619 e. The number of sulfonamides is 1. The number of anilines is 1. The lowest BCUT2D eigenvalue weighted by atomic mass is 10.1. The minimum Gasteiger partial charge on any atom is -0.619 e. The van der Waals surface area contributed by atoms with Crippen LogP contribution in [0, 0.1) is 5.21 Å². The molecule has 2 aliphatic rings. The van der Waals surface area contributed by atoms with Crippen molar-refractivity contribution in [2.24, 2.45) is 4.99 Å². The highest BCUT2D eigenvalue weighted by Gasteiger charge is 2.46. The maximum atomic E-state index is 12.8. The summed E-state index contributed by atoms with van der Waals surface area (Å²) in [6.45, 7) is 0.611. The molecule has 0 spiro atoms. The van der Waals surface area contributed by atoms with E-state index in [1.54, 1.807) is 29.2 Å². The average molecular weight is 385 g/mol. The van der Waals surface area contributed by atoms with E-state index >= 15 is 0 Å². The summed E-state index contributed by atoms with van der Waals surface area (Å²) >= 11 is 7.66. The van der Waals surface area contributed by atoms with Crippen molar-refractivity contribution in [3.05, 3.63) is 41.9 Å². The van der Waals surface area contributed by atoms with Crippen molar-refractivity contribution in [3.63, 3.8) is 0 Å². The van der Waals surface area contributed by atoms with E-state index in [1.165, 1.54) is 24.2 Å². The summed E-state index contributed by atoms with van der Waals surface area (Å²) in [6, 6.07) is 6.64. The first kappa shape index (κ1) is 15.8. The fraction of sp³-hybridized carbons (Fsp3) is 0.286. The van der Waals surface area contributed by atoms with Gasteiger partial charge in [-0.2, -0.15) is 4.73 Å². The molecule has 1 aromatic heterocycles. The molecule has 0 saturated carbocycles. The summed E-state index contributed by atoms with van der Waals surface area (Å²) < 4.78 is 28.8. The minimum absolute atomic E-state index is 0.426. The lowest BCUT2D eigenvalue weighted by Crippen LogP contribution is -2.44. The van der Waals surface area contributed by atoms with Crippen LogP contribution in [0.1, 0.15) is 0 Å². The van der Waals surface area contributed by atoms with E-state index in [2.05, 4.69) is 9.71 Å². The fourth-order valence-corrected chi connectivity index (χ4v) is 6.11. The first-order chi connectivity index (χ1) is 11.4. The summed E-state index contributed by atoms with van der Waals surface area (Å²) in [5.41, 5.74) is -0.402. The van der Waals surface area contributed by atoms with E-state index in [9.17, 15) is 13.6 Å². The van der Waals surface area contributed by atoms with E-state index in [0.717, 1.165) is 16.5 Å². The average Bonchev–Trinajstić information content (AvgIpc) is 3.06. The van der Waals surface area contributed by atoms with Crippen LogP contribution in [-0.4, -0.2) is 41.7 Å². The van der Waals surface area contributed by atoms with Gasteiger partial charge in [-0.15, -0.1) is 0 Å². The van der Waals surface area contributed by atoms with Crippen LogP contribution in [0.15, 0.2) is 41.7 Å². The molecule has 3 heterocycles. The predicted octanol–water partition coefficient (Wildman–Crippen LogP) is 1.52. The van der Waals surface area contributed by atoms with Crippen LogP contribution in [0.4, 0.5) is 5.69 Å². The standard InChI is InChI=1S/C14H13ClN4O3S2/c15-12-13(19-5-6-23-14(19)16-12)24(21,22)17-11-2-1-10-8-18(20)4-3-9(10)7-11/h1-4,7-8,12-13,17H,5-6H2. The number of thioether (sulfide) groups is 1. The van der Waals surface area contributed by atoms with Gasteiger partial charge in [-0.3, -0.25) is 4.72 Å². The molecule has 1 saturated heterocycles. The minimum atomic E-state index is -3.74. The van der Waals surface area contributed by atoms with E-state index in [-0.39, 0.29) is 0 Å². The second-order valence-electron chi connectivity index (χ2n) is 5.51. The van der Waals surface area contributed by atoms with Crippen molar-refractivity contribution < 1.29 is 13.1 Å². The molecule has 2 unspecified atom stereocenters. The molecule has 2 atom stereocenters. The van der Waals surface area contributed by atoms with Crippen molar-refractivity contribution >= 4 is 55.0 Å². The van der Waals surface area contributed by atoms with Gasteiger partial charge in [0.25, 0.3) is 10.0 Å². The summed E-state index contributed by atoms with van der Waals surface area (Å²) in [5, 5.41) is 12.5. The number of aliphatic imine (C=N–C) groups is 1. The highest BCUT2D eigenvalue weighted by molar-refractivity contribution is 8.14. The Morgan fingerprint density at radius 2 is 2.21 bits per heavy atom. The zero-order chi connectivity index (χ0) is 16.9. The normalized spacial score (nSPS) is 23.4. The molecular formula is C14H13ClN4O3S2. The molecule has 7 nitrogen and oxygen atoms in total. The van der Waals surface area contributed by atoms with Crippen molar-refractivity contribution in [3.8, 4) is 0 Å². The summed E-state index contributed by atoms with van der Waals surface area (Å²) in [6.07, 6.45) is 2.80. The molecule has 10 heteroatoms. The van der Waals surface area contributed by atoms with Crippen molar-refractivity contribution in [2.45, 2.75) is 10.9 Å². The SMILES string of the molecule is O=S(=O)(Nc1ccc2c[n+]([O-])ccc2c1)C1C(Cl)N=C2SCCN21. The molecule has 4 rings (SSSR count). The number of amidine groups is 1. The maximum absolute atomic E-state index is 12.8. The van der Waals surface area contributed by atoms with Crippen LogP contribution in [-0.2, 0) is 10.0 Å². The second kappa shape index (κ2) is 5.68. The topological polar surface area (TPSA) is 88.7 Å². The van der Waals surface area contributed by atoms with Gasteiger partial charge in [-0.25, -0.2) is 13.4 Å². The van der Waals surface area contributed by atoms with Crippen molar-refractivity contribution in [1.82, 2.24) is 4.90 Å². The molecule has 0 aliphatic carbocycles. The van der Waals surface area contributed by atoms with Gasteiger partial charge in [0, 0.05) is 29.4 Å². The number of halogens is 1. The van der Waals surface area contributed by atoms with Crippen LogP contribution in [0.25, 0.3) is 10.8 Å². The molecule has 1 N–H and O–H groups in total. The maximum Gasteiger partial charge on any atom is 0.257 e. The molecule has 0 radical (unpaired) electrons. The number of rotatable bonds is 3. The van der Waals surface area contributed by atoms with Gasteiger partial charge in [0.05, 0.1) is 0 Å². The molecule has 24 heavy (non-hydrogen) atoms. The number of hydrogen-bond acceptors (Lipinski definition) is 6. The van der Waals surface area contributed by atoms with E-state index in [1.807, 2.05) is 0 Å². The van der Waals surface area contributed by atoms with Crippen molar-refractivity contribution in [2.75, 3.05) is 17.0 Å². The molecule has 0 bridgehead atoms. The number of pyridine rings is 1. The van der Waals surface area contributed by atoms with E-state index < -0.39 is 20.9 Å². The molecular weight excluding hydrogens is 372 g/mol. The Bertz CT molecular complexity index is 950. The third-order valence-electron chi connectivity index (χ3n) is 3.92. The summed E-state index contributed by atoms with van der Waals surface area (Å²) in [7, 11) is -3.74. The monoisotopic (exact) mass is 384 g/mol. The molecule has 1 aromatic carbocycles. The molecule has 126 valence electrons. The number of nitrogens with one attached hydrogen (secondary N) is 1. The van der Waals surface area contributed by atoms with Crippen LogP contribution >= 0.6 is 23.4 Å². The Labute approximate surface area is 147 Å². The van der Waals surface area contributed by atoms with Crippen LogP contribution < -0.4 is 9.45 Å². The van der Waals surface area contributed by atoms with Gasteiger partial charge < -0.3 is 10.1 Å². The summed E-state index contributed by atoms with van der Waals surface area (Å²) in [5.74, 6) is 0.805. The first-order valence-electron chi connectivity index (χ1n) is 7.20. The van der Waals surface area contributed by atoms with Crippen molar-refractivity contribution in [1.29, 1.82) is 0 Å². The predicted molar refractivity (Wildman–Crippen MR) is 95.5 cm³/mol. The zero-order valence-electron chi connectivity index (χ0n) is 12.3. The Hall–Kier alpha value is -1.71. The van der Waals surface area contributed by atoms with Gasteiger partial charge >= 0.3 is 0 Å². The molecule has 2 aromatic rings. The number of benzene rings is 1. The number of alkyl halides is 1. The highest BCUT2D eigenvalue weighted by atomic mass is 35.5. The lowest BCUT2D eigenvalue weighted by Gasteiger charge is -2.24. The van der Waals surface area contributed by atoms with E-state index in [4.69, 9.17) is 11.6 Å². The molecule has 0 amide bonds. The zero-order valence-corrected chi connectivity index (χ0v) is 14.7. The van der Waals surface area contributed by atoms with Crippen LogP contribution in [0.2, 0.25) is 0 Å². The Kier molecular flexibility index (Phi) is 3.74. The number of hydrogen-bond donors (Lipinski definition) is 1. The van der Waals surface area contributed by atoms with Gasteiger partial charge in [-0.05, 0) is 23.6 Å². The number of nitrogens with zero attached hydrogens (tertiary/aromatic N) is 3. The van der Waals surface area contributed by atoms with Gasteiger partial charge in [0.1, 0.15) is 0 Å². The number of fused-ring (bicyclic) bond motifs is 2. The smallest absolute Gasteiger partial charge is 0.257 e. The third-order valence-corrected chi connectivity index (χ3v) is 7.06. The quantitative estimate of drug-likeness (QED) is 0.375. The second-order valence-corrected chi connectivity index (χ2v) is 8.80. The molecule has 1 fully saturated rings. The Balaban J connectivity index is 1.63. The van der Waals surface area contributed by atoms with E-state index in [0.29, 0.717) is 22.1 Å². The Morgan fingerprint density at radius 1 is 1.38 bits per heavy atom. The van der Waals surface area contributed by atoms with Gasteiger partial charge in [0.15, 0.2) is 28.4 Å². The van der Waals surface area contributed by atoms with Gasteiger partial charge in [0.2, 0.25) is 0 Å². The molecule has 2 aliphatic heterocycles. The highest BCUT2D eigenvalue weighted by Crippen LogP contribution is 2.34. The van der Waals surface area contributed by atoms with Crippen LogP contribution in [0.3, 0.4) is 0 Å². The third kappa shape index (κ3) is 2.66. The first-order valence-corrected chi connectivity index (χ1v) is 10.2.